The lowest BCUT2D eigenvalue weighted by molar-refractivity contribution is -0.152. The Balaban J connectivity index is 2.09. The quantitative estimate of drug-likeness (QED) is 0.672. The molecule has 0 spiro atoms. The minimum atomic E-state index is -0.985. The van der Waals surface area contributed by atoms with E-state index in [9.17, 15) is 9.59 Å². The number of hydrogen-bond donors (Lipinski definition) is 1. The van der Waals surface area contributed by atoms with E-state index < -0.39 is 23.8 Å². The molecule has 0 bridgehead atoms. The summed E-state index contributed by atoms with van der Waals surface area (Å²) in [7, 11) is 0. The molecule has 7 heteroatoms. The van der Waals surface area contributed by atoms with E-state index >= 15 is 0 Å². The Labute approximate surface area is 120 Å². The monoisotopic (exact) mass is 286 g/mol. The van der Waals surface area contributed by atoms with Crippen molar-refractivity contribution in [2.75, 3.05) is 11.9 Å². The van der Waals surface area contributed by atoms with Crippen LogP contribution in [0.2, 0.25) is 0 Å². The summed E-state index contributed by atoms with van der Waals surface area (Å²) in [6.07, 6.45) is 1.35. The van der Waals surface area contributed by atoms with E-state index in [0.29, 0.717) is 5.95 Å². The predicted octanol–water partition coefficient (Wildman–Crippen LogP) is 0.999. The highest BCUT2D eigenvalue weighted by atomic mass is 16.5. The summed E-state index contributed by atoms with van der Waals surface area (Å²) in [5.74, 6) is -1.65. The molecule has 2 heterocycles. The van der Waals surface area contributed by atoms with E-state index in [4.69, 9.17) is 4.74 Å². The maximum atomic E-state index is 12.3. The lowest BCUT2D eigenvalue weighted by Gasteiger charge is -2.30. The topological polar surface area (TPSA) is 86.1 Å². The number of amides is 1. The van der Waals surface area contributed by atoms with Crippen molar-refractivity contribution in [2.24, 2.45) is 5.92 Å². The lowest BCUT2D eigenvalue weighted by Crippen LogP contribution is -2.43. The van der Waals surface area contributed by atoms with Gasteiger partial charge in [0.25, 0.3) is 0 Å². The molecule has 108 valence electrons. The van der Waals surface area contributed by atoms with Gasteiger partial charge in [-0.1, -0.05) is 30.3 Å². The number of nitrogens with zero attached hydrogens (tertiary/aromatic N) is 3. The fraction of sp³-hybridized carbons (Fsp3) is 0.286. The molecule has 0 radical (unpaired) electrons. The molecule has 0 saturated carbocycles. The maximum Gasteiger partial charge on any atom is 0.321 e. The molecule has 2 atom stereocenters. The number of rotatable bonds is 3. The first-order valence-electron chi connectivity index (χ1n) is 6.64. The smallest absolute Gasteiger partial charge is 0.321 e. The van der Waals surface area contributed by atoms with Crippen LogP contribution < -0.4 is 5.32 Å². The second kappa shape index (κ2) is 5.35. The highest BCUT2D eigenvalue weighted by molar-refractivity contribution is 6.06. The summed E-state index contributed by atoms with van der Waals surface area (Å²) in [5, 5.41) is 6.70. The van der Waals surface area contributed by atoms with Gasteiger partial charge in [0.2, 0.25) is 11.9 Å². The average Bonchev–Trinajstić information content (AvgIpc) is 2.94. The van der Waals surface area contributed by atoms with Gasteiger partial charge in [-0.15, -0.1) is 0 Å². The molecule has 0 saturated heterocycles. The Bertz CT molecular complexity index is 668. The van der Waals surface area contributed by atoms with Crippen LogP contribution in [0.5, 0.6) is 0 Å². The van der Waals surface area contributed by atoms with Crippen molar-refractivity contribution in [1.29, 1.82) is 0 Å². The van der Waals surface area contributed by atoms with Crippen LogP contribution in [0.3, 0.4) is 0 Å². The van der Waals surface area contributed by atoms with Crippen molar-refractivity contribution in [2.45, 2.75) is 13.0 Å². The van der Waals surface area contributed by atoms with Crippen LogP contribution in [-0.4, -0.2) is 33.2 Å². The largest absolute Gasteiger partial charge is 0.465 e. The Morgan fingerprint density at radius 3 is 2.86 bits per heavy atom. The van der Waals surface area contributed by atoms with Gasteiger partial charge in [-0.3, -0.25) is 14.9 Å². The van der Waals surface area contributed by atoms with Gasteiger partial charge in [-0.2, -0.15) is 10.1 Å². The second-order valence-corrected chi connectivity index (χ2v) is 4.60. The van der Waals surface area contributed by atoms with E-state index in [1.165, 1.54) is 6.33 Å². The van der Waals surface area contributed by atoms with Crippen LogP contribution in [0.15, 0.2) is 36.7 Å². The second-order valence-electron chi connectivity index (χ2n) is 4.60. The Morgan fingerprint density at radius 2 is 2.14 bits per heavy atom. The SMILES string of the molecule is CCOC(=O)[C@H]1C(=O)Nc2ncnn2[C@H]1c1ccccc1. The van der Waals surface area contributed by atoms with Gasteiger partial charge >= 0.3 is 5.97 Å². The number of nitrogens with one attached hydrogen (secondary N) is 1. The van der Waals surface area contributed by atoms with E-state index in [1.54, 1.807) is 11.6 Å². The molecule has 1 aliphatic rings. The van der Waals surface area contributed by atoms with Crippen LogP contribution in [0, 0.1) is 5.92 Å². The molecule has 1 N–H and O–H groups in total. The molecule has 21 heavy (non-hydrogen) atoms. The van der Waals surface area contributed by atoms with Crippen LogP contribution in [0.25, 0.3) is 0 Å². The van der Waals surface area contributed by atoms with Crippen molar-refractivity contribution >= 4 is 17.8 Å². The summed E-state index contributed by atoms with van der Waals surface area (Å²) in [4.78, 5) is 28.4. The zero-order valence-electron chi connectivity index (χ0n) is 11.4. The van der Waals surface area contributed by atoms with Gasteiger partial charge in [0, 0.05) is 0 Å². The third-order valence-electron chi connectivity index (χ3n) is 3.35. The van der Waals surface area contributed by atoms with E-state index in [0.717, 1.165) is 5.56 Å². The minimum absolute atomic E-state index is 0.217. The van der Waals surface area contributed by atoms with Crippen LogP contribution in [0.1, 0.15) is 18.5 Å². The van der Waals surface area contributed by atoms with Gasteiger partial charge in [0.05, 0.1) is 6.61 Å². The number of hydrogen-bond acceptors (Lipinski definition) is 5. The number of carbonyl (C=O) groups is 2. The summed E-state index contributed by atoms with van der Waals surface area (Å²) < 4.78 is 6.57. The van der Waals surface area contributed by atoms with E-state index in [2.05, 4.69) is 15.4 Å². The zero-order chi connectivity index (χ0) is 14.8. The number of esters is 1. The molecular formula is C14H14N4O3. The van der Waals surface area contributed by atoms with Crippen molar-refractivity contribution in [3.8, 4) is 0 Å². The van der Waals surface area contributed by atoms with Gasteiger partial charge in [-0.25, -0.2) is 4.68 Å². The van der Waals surface area contributed by atoms with Crippen LogP contribution >= 0.6 is 0 Å². The van der Waals surface area contributed by atoms with Gasteiger partial charge in [0.15, 0.2) is 5.92 Å². The van der Waals surface area contributed by atoms with Gasteiger partial charge < -0.3 is 4.74 Å². The maximum absolute atomic E-state index is 12.3. The summed E-state index contributed by atoms with van der Waals surface area (Å²) >= 11 is 0. The first kappa shape index (κ1) is 13.3. The van der Waals surface area contributed by atoms with Gasteiger partial charge in [0.1, 0.15) is 12.4 Å². The van der Waals surface area contributed by atoms with Crippen molar-refractivity contribution in [3.63, 3.8) is 0 Å². The molecule has 7 nitrogen and oxygen atoms in total. The Hall–Kier alpha value is -2.70. The fourth-order valence-electron chi connectivity index (χ4n) is 2.47. The number of anilines is 1. The molecule has 1 aromatic heterocycles. The van der Waals surface area contributed by atoms with Crippen LogP contribution in [-0.2, 0) is 14.3 Å². The minimum Gasteiger partial charge on any atom is -0.465 e. The van der Waals surface area contributed by atoms with Crippen molar-refractivity contribution in [1.82, 2.24) is 14.8 Å². The summed E-state index contributed by atoms with van der Waals surface area (Å²) in [6.45, 7) is 1.92. The molecule has 1 aromatic carbocycles. The molecule has 1 amide bonds. The highest BCUT2D eigenvalue weighted by Gasteiger charge is 2.43. The normalized spacial score (nSPS) is 20.5. The number of ether oxygens (including phenoxy) is 1. The number of fused-ring (bicyclic) bond motifs is 1. The first-order valence-corrected chi connectivity index (χ1v) is 6.64. The third-order valence-corrected chi connectivity index (χ3v) is 3.35. The van der Waals surface area contributed by atoms with Crippen molar-refractivity contribution in [3.05, 3.63) is 42.2 Å². The first-order chi connectivity index (χ1) is 10.2. The molecule has 1 aliphatic heterocycles. The average molecular weight is 286 g/mol. The molecule has 0 aliphatic carbocycles. The number of carbonyl (C=O) groups excluding carboxylic acids is 2. The molecule has 2 aromatic rings. The third kappa shape index (κ3) is 2.26. The lowest BCUT2D eigenvalue weighted by atomic mass is 9.91. The Morgan fingerprint density at radius 1 is 1.38 bits per heavy atom. The zero-order valence-corrected chi connectivity index (χ0v) is 11.4. The van der Waals surface area contributed by atoms with Crippen LogP contribution in [0.4, 0.5) is 5.95 Å². The van der Waals surface area contributed by atoms with Gasteiger partial charge in [-0.05, 0) is 12.5 Å². The standard InChI is InChI=1S/C14H14N4O3/c1-2-21-13(20)10-11(9-6-4-3-5-7-9)18-14(15-8-16-18)17-12(10)19/h3-8,10-11H,2H2,1H3,(H,15,16,17,19)/t10-,11+/m1/s1. The summed E-state index contributed by atoms with van der Waals surface area (Å²) in [6, 6.07) is 8.70. The number of aromatic nitrogens is 3. The number of benzene rings is 1. The van der Waals surface area contributed by atoms with E-state index in [1.807, 2.05) is 30.3 Å². The predicted molar refractivity (Wildman–Crippen MR) is 73.4 cm³/mol. The molecule has 0 fully saturated rings. The summed E-state index contributed by atoms with van der Waals surface area (Å²) in [5.41, 5.74) is 0.803. The molecule has 0 unspecified atom stereocenters. The highest BCUT2D eigenvalue weighted by Crippen LogP contribution is 2.33. The molecular weight excluding hydrogens is 272 g/mol. The van der Waals surface area contributed by atoms with E-state index in [-0.39, 0.29) is 6.61 Å². The Kier molecular flexibility index (Phi) is 3.39. The van der Waals surface area contributed by atoms with Crippen molar-refractivity contribution < 1.29 is 14.3 Å². The fourth-order valence-corrected chi connectivity index (χ4v) is 2.47. The molecule has 3 rings (SSSR count).